The molecule has 2 aliphatic carbocycles. The minimum atomic E-state index is -0.805. The summed E-state index contributed by atoms with van der Waals surface area (Å²) in [5.74, 6) is 1.09. The van der Waals surface area contributed by atoms with Crippen molar-refractivity contribution in [2.24, 2.45) is 5.92 Å². The number of carbonyl (C=O) groups is 2. The molecule has 0 spiro atoms. The number of carbonyl (C=O) groups excluding carboxylic acids is 2. The first-order chi connectivity index (χ1) is 39.3. The van der Waals surface area contributed by atoms with Crippen molar-refractivity contribution in [1.29, 1.82) is 0 Å². The number of hydrogen-bond donors (Lipinski definition) is 5. The van der Waals surface area contributed by atoms with E-state index in [4.69, 9.17) is 19.7 Å². The number of fused-ring (bicyclic) bond motifs is 2. The number of piperazine rings is 1. The van der Waals surface area contributed by atoms with Gasteiger partial charge in [0, 0.05) is 106 Å². The van der Waals surface area contributed by atoms with Gasteiger partial charge in [-0.25, -0.2) is 9.97 Å². The molecule has 4 aliphatic heterocycles. The molecule has 4 saturated heterocycles. The van der Waals surface area contributed by atoms with E-state index >= 15 is 0 Å². The van der Waals surface area contributed by atoms with Gasteiger partial charge in [0.1, 0.15) is 23.8 Å². The van der Waals surface area contributed by atoms with Crippen molar-refractivity contribution in [2.45, 2.75) is 165 Å². The number of benzene rings is 2. The van der Waals surface area contributed by atoms with Crippen LogP contribution in [0.3, 0.4) is 0 Å². The van der Waals surface area contributed by atoms with Crippen LogP contribution in [0.4, 0.5) is 23.0 Å². The number of aryl methyl sites for hydroxylation is 1. The van der Waals surface area contributed by atoms with Crippen molar-refractivity contribution in [2.75, 3.05) is 53.2 Å². The normalized spacial score (nSPS) is 25.7. The number of para-hydroxylation sites is 1. The van der Waals surface area contributed by atoms with Crippen LogP contribution in [-0.4, -0.2) is 140 Å². The number of aliphatic hydroxyl groups excluding tert-OH is 1. The molecule has 6 N–H and O–H groups in total. The van der Waals surface area contributed by atoms with Crippen LogP contribution in [0.2, 0.25) is 0 Å². The summed E-state index contributed by atoms with van der Waals surface area (Å²) in [7, 11) is 0. The molecular weight excluding hydrogens is 1040 g/mol. The summed E-state index contributed by atoms with van der Waals surface area (Å²) >= 11 is 1.60. The second-order valence-corrected chi connectivity index (χ2v) is 24.6. The Kier molecular flexibility index (Phi) is 15.9. The Morgan fingerprint density at radius 3 is 2.27 bits per heavy atom. The molecule has 6 atom stereocenters. The number of amides is 2. The molecule has 2 aromatic carbocycles. The number of aromatic hydroxyl groups is 1. The van der Waals surface area contributed by atoms with Crippen LogP contribution < -0.4 is 35.8 Å². The molecule has 81 heavy (non-hydrogen) atoms. The molecule has 2 amide bonds. The van der Waals surface area contributed by atoms with Crippen LogP contribution in [0.25, 0.3) is 21.7 Å². The highest BCUT2D eigenvalue weighted by molar-refractivity contribution is 7.13. The third kappa shape index (κ3) is 11.8. The van der Waals surface area contributed by atoms with Crippen LogP contribution in [0.5, 0.6) is 11.6 Å². The number of pyridine rings is 1. The van der Waals surface area contributed by atoms with Crippen molar-refractivity contribution in [3.63, 3.8) is 0 Å². The number of nitrogens with zero attached hydrogens (tertiary/aromatic N) is 9. The van der Waals surface area contributed by atoms with Crippen molar-refractivity contribution in [1.82, 2.24) is 40.9 Å². The molecule has 1 unspecified atom stereocenters. The predicted molar refractivity (Wildman–Crippen MR) is 311 cm³/mol. The standard InChI is InChI=1S/C61H76N12O7S/c1-35(2)57(61(77)72-33-45(74)26-52(72)60(76)65-36(3)38-9-11-39(12-10-38)58-37(4)64-34-81-58)54-30-55(69-80-54)70-23-20-41(21-24-70)66-40-13-17-46(18-14-40)78-47-27-48(28-47)79-56-25-42(19-22-63-56)73-43-15-16-44(73)32-71(31-43)51-29-50(67-68-59(51)62)49-7-5-6-8-53(49)75/h5-12,19,22,25,29-30,34-36,40-41,43-48,52,57,66,74-75H,13-18,20-21,23-24,26-28,31-33H2,1-4H3,(H2,62,68)(H,65,76)/t36-,40?,43+,44?,45+,46?,47?,48?,52-,57+/m0/s1. The second-order valence-electron chi connectivity index (χ2n) is 23.8. The Morgan fingerprint density at radius 2 is 1.56 bits per heavy atom. The quantitative estimate of drug-likeness (QED) is 0.0579. The number of aromatic nitrogens is 5. The van der Waals surface area contributed by atoms with Gasteiger partial charge in [0.25, 0.3) is 0 Å². The molecule has 8 heterocycles. The molecule has 6 aliphatic rings. The van der Waals surface area contributed by atoms with E-state index in [1.54, 1.807) is 23.5 Å². The molecular formula is C61H76N12O7S. The number of aliphatic hydroxyl groups is 1. The summed E-state index contributed by atoms with van der Waals surface area (Å²) in [6, 6.07) is 23.7. The fourth-order valence-electron chi connectivity index (χ4n) is 13.4. The smallest absolute Gasteiger partial charge is 0.243 e. The Balaban J connectivity index is 0.564. The molecule has 2 bridgehead atoms. The first kappa shape index (κ1) is 54.7. The number of phenolic OH excluding ortho intramolecular Hbond substituents is 1. The monoisotopic (exact) mass is 1120 g/mol. The lowest BCUT2D eigenvalue weighted by atomic mass is 9.89. The maximum absolute atomic E-state index is 14.4. The number of phenols is 1. The molecule has 6 aromatic rings. The molecule has 0 radical (unpaired) electrons. The topological polar surface area (TPSA) is 234 Å². The first-order valence-corrected chi connectivity index (χ1v) is 30.2. The lowest BCUT2D eigenvalue weighted by molar-refractivity contribution is -0.141. The van der Waals surface area contributed by atoms with E-state index in [2.05, 4.69) is 62.8 Å². The second kappa shape index (κ2) is 23.5. The molecule has 20 heteroatoms. The molecule has 428 valence electrons. The fourth-order valence-corrected chi connectivity index (χ4v) is 14.3. The number of β-amino-alcohol motifs (C(OH)–C–C–N with tert-alkyl or cyclic N) is 1. The Labute approximate surface area is 477 Å². The number of nitrogens with one attached hydrogen (secondary N) is 2. The summed E-state index contributed by atoms with van der Waals surface area (Å²) in [6.07, 6.45) is 11.9. The summed E-state index contributed by atoms with van der Waals surface area (Å²) in [6.45, 7) is 11.2. The van der Waals surface area contributed by atoms with Gasteiger partial charge < -0.3 is 60.2 Å². The molecule has 19 nitrogen and oxygen atoms in total. The minimum absolute atomic E-state index is 0.0815. The third-order valence-electron chi connectivity index (χ3n) is 17.9. The van der Waals surface area contributed by atoms with Crippen LogP contribution in [-0.2, 0) is 14.3 Å². The number of piperidine rings is 1. The summed E-state index contributed by atoms with van der Waals surface area (Å²) < 4.78 is 19.0. The maximum atomic E-state index is 14.4. The Bertz CT molecular complexity index is 3140. The zero-order valence-electron chi connectivity index (χ0n) is 46.8. The minimum Gasteiger partial charge on any atom is -0.507 e. The molecule has 12 rings (SSSR count). The van der Waals surface area contributed by atoms with Gasteiger partial charge in [-0.05, 0) is 107 Å². The maximum Gasteiger partial charge on any atom is 0.243 e. The number of rotatable bonds is 17. The van der Waals surface area contributed by atoms with Crippen LogP contribution >= 0.6 is 11.3 Å². The van der Waals surface area contributed by atoms with E-state index in [0.29, 0.717) is 52.9 Å². The Morgan fingerprint density at radius 1 is 0.815 bits per heavy atom. The van der Waals surface area contributed by atoms with Crippen LogP contribution in [0.1, 0.15) is 120 Å². The average Bonchev–Trinajstić information content (AvgIpc) is 4.28. The number of ether oxygens (including phenoxy) is 2. The summed E-state index contributed by atoms with van der Waals surface area (Å²) in [5, 5.41) is 41.4. The van der Waals surface area contributed by atoms with E-state index in [1.165, 1.54) is 4.90 Å². The van der Waals surface area contributed by atoms with Crippen LogP contribution in [0, 0.1) is 12.8 Å². The third-order valence-corrected chi connectivity index (χ3v) is 18.9. The molecule has 6 fully saturated rings. The van der Waals surface area contributed by atoms with E-state index in [0.717, 1.165) is 129 Å². The molecule has 4 aromatic heterocycles. The largest absolute Gasteiger partial charge is 0.507 e. The van der Waals surface area contributed by atoms with Gasteiger partial charge in [0.2, 0.25) is 17.7 Å². The van der Waals surface area contributed by atoms with Crippen LogP contribution in [0.15, 0.2) is 89.0 Å². The Hall–Kier alpha value is -6.87. The number of nitrogen functional groups attached to an aromatic ring is 1. The number of hydrogen-bond acceptors (Lipinski definition) is 18. The fraction of sp³-hybridized carbons (Fsp3) is 0.525. The lowest BCUT2D eigenvalue weighted by Gasteiger charge is -2.43. The lowest BCUT2D eigenvalue weighted by Crippen LogP contribution is -2.54. The van der Waals surface area contributed by atoms with E-state index in [1.807, 2.05) is 87.9 Å². The highest BCUT2D eigenvalue weighted by Gasteiger charge is 2.45. The van der Waals surface area contributed by atoms with Gasteiger partial charge in [-0.3, -0.25) is 9.59 Å². The van der Waals surface area contributed by atoms with E-state index in [9.17, 15) is 19.8 Å². The summed E-state index contributed by atoms with van der Waals surface area (Å²) in [4.78, 5) is 47.0. The van der Waals surface area contributed by atoms with Crippen molar-refractivity contribution < 1.29 is 33.8 Å². The van der Waals surface area contributed by atoms with Crippen molar-refractivity contribution >= 4 is 46.2 Å². The SMILES string of the molecule is Cc1ncsc1-c1ccc([C@H](C)NC(=O)[C@@H]2C[C@@H](O)CN2C(=O)[C@@H](c2cc(N3CCC(NC4CCC(OC5CC(Oc6cc(N7C8CC[C@@H]7CN(c7cc(-c9ccccc9O)nnc7N)C8)ccn6)C5)CC4)CC3)no2)C(C)C)cc1. The number of thiazole rings is 1. The van der Waals surface area contributed by atoms with Gasteiger partial charge in [-0.2, -0.15) is 0 Å². The van der Waals surface area contributed by atoms with Crippen molar-refractivity contribution in [3.8, 4) is 33.3 Å². The predicted octanol–water partition coefficient (Wildman–Crippen LogP) is 8.18. The van der Waals surface area contributed by atoms with Gasteiger partial charge in [0.15, 0.2) is 17.4 Å². The highest BCUT2D eigenvalue weighted by atomic mass is 32.1. The first-order valence-electron chi connectivity index (χ1n) is 29.3. The van der Waals surface area contributed by atoms with Gasteiger partial charge >= 0.3 is 0 Å². The molecule has 2 saturated carbocycles. The number of anilines is 4. The van der Waals surface area contributed by atoms with Gasteiger partial charge in [-0.15, -0.1) is 21.5 Å². The number of nitrogens with two attached hydrogens (primary N) is 1. The zero-order chi connectivity index (χ0) is 55.9. The van der Waals surface area contributed by atoms with E-state index < -0.39 is 18.1 Å². The zero-order valence-corrected chi connectivity index (χ0v) is 47.6. The van der Waals surface area contributed by atoms with Crippen molar-refractivity contribution in [3.05, 3.63) is 102 Å². The summed E-state index contributed by atoms with van der Waals surface area (Å²) in [5.41, 5.74) is 14.5. The van der Waals surface area contributed by atoms with E-state index in [-0.39, 0.29) is 60.8 Å². The van der Waals surface area contributed by atoms with Gasteiger partial charge in [-0.1, -0.05) is 55.4 Å². The van der Waals surface area contributed by atoms with Gasteiger partial charge in [0.05, 0.1) is 51.8 Å². The number of likely N-dealkylation sites (tertiary alicyclic amines) is 1. The highest BCUT2D eigenvalue weighted by Crippen LogP contribution is 2.41. The average molecular weight is 1120 g/mol.